The molecule has 0 aliphatic rings. The minimum atomic E-state index is -3.38. The van der Waals surface area contributed by atoms with Crippen LogP contribution in [0.25, 0.3) is 0 Å². The Bertz CT molecular complexity index is 545. The van der Waals surface area contributed by atoms with Crippen molar-refractivity contribution in [2.45, 2.75) is 25.7 Å². The lowest BCUT2D eigenvalue weighted by Gasteiger charge is -2.06. The maximum Gasteiger partial charge on any atom is 0.310 e. The van der Waals surface area contributed by atoms with Crippen LogP contribution in [0.1, 0.15) is 25.7 Å². The molecular weight excluding hydrogens is 284 g/mol. The second kappa shape index (κ2) is 7.81. The summed E-state index contributed by atoms with van der Waals surface area (Å²) < 4.78 is 26.8. The highest BCUT2D eigenvalue weighted by atomic mass is 32.2. The van der Waals surface area contributed by atoms with E-state index in [0.717, 1.165) is 12.8 Å². The van der Waals surface area contributed by atoms with Crippen molar-refractivity contribution in [3.63, 3.8) is 0 Å². The highest BCUT2D eigenvalue weighted by molar-refractivity contribution is 7.89. The van der Waals surface area contributed by atoms with Gasteiger partial charge in [0.1, 0.15) is 0 Å². The molecule has 0 aliphatic carbocycles. The van der Waals surface area contributed by atoms with E-state index in [2.05, 4.69) is 0 Å². The summed E-state index contributed by atoms with van der Waals surface area (Å²) in [6.45, 7) is 0.361. The van der Waals surface area contributed by atoms with E-state index in [1.54, 1.807) is 18.2 Å². The van der Waals surface area contributed by atoms with E-state index < -0.39 is 14.9 Å². The highest BCUT2D eigenvalue weighted by Gasteiger charge is 2.12. The number of hydrogen-bond acceptors (Lipinski definition) is 5. The second-order valence-electron chi connectivity index (χ2n) is 4.35. The van der Waals surface area contributed by atoms with Crippen LogP contribution in [0, 0.1) is 10.1 Å². The summed E-state index contributed by atoms with van der Waals surface area (Å²) in [4.78, 5) is 10.3. The smallest absolute Gasteiger partial charge is 0.310 e. The molecule has 20 heavy (non-hydrogen) atoms. The molecule has 0 saturated carbocycles. The quantitative estimate of drug-likeness (QED) is 0.424. The van der Waals surface area contributed by atoms with Crippen LogP contribution >= 0.6 is 0 Å². The van der Waals surface area contributed by atoms with Crippen molar-refractivity contribution in [1.29, 1.82) is 0 Å². The number of rotatable bonds is 9. The Labute approximate surface area is 117 Å². The minimum Gasteiger partial charge on any atom is -0.487 e. The van der Waals surface area contributed by atoms with Gasteiger partial charge in [-0.1, -0.05) is 25.0 Å². The fourth-order valence-corrected chi connectivity index (χ4v) is 2.28. The first kappa shape index (κ1) is 16.4. The zero-order chi connectivity index (χ0) is 15.0. The average Bonchev–Trinajstić information content (AvgIpc) is 2.36. The van der Waals surface area contributed by atoms with E-state index in [0.29, 0.717) is 19.4 Å². The number of nitrogens with two attached hydrogens (primary N) is 1. The maximum absolute atomic E-state index is 10.7. The molecule has 1 rings (SSSR count). The van der Waals surface area contributed by atoms with Crippen LogP contribution in [0.15, 0.2) is 24.3 Å². The fraction of sp³-hybridized carbons (Fsp3) is 0.500. The molecule has 1 aromatic rings. The molecule has 0 fully saturated rings. The number of unbranched alkanes of at least 4 members (excludes halogenated alkanes) is 3. The Morgan fingerprint density at radius 2 is 1.80 bits per heavy atom. The summed E-state index contributed by atoms with van der Waals surface area (Å²) in [7, 11) is -3.38. The summed E-state index contributed by atoms with van der Waals surface area (Å²) in [6, 6.07) is 6.20. The van der Waals surface area contributed by atoms with E-state index in [9.17, 15) is 18.5 Å². The molecule has 1 aromatic carbocycles. The molecular formula is C12H18N2O5S. The van der Waals surface area contributed by atoms with Gasteiger partial charge >= 0.3 is 5.69 Å². The van der Waals surface area contributed by atoms with Gasteiger partial charge in [0.05, 0.1) is 17.3 Å². The summed E-state index contributed by atoms with van der Waals surface area (Å²) in [5.74, 6) is 0.236. The third kappa shape index (κ3) is 6.48. The first-order valence-corrected chi connectivity index (χ1v) is 7.98. The molecule has 0 saturated heterocycles. The first-order valence-electron chi connectivity index (χ1n) is 6.27. The SMILES string of the molecule is NS(=O)(=O)CCCCCCOc1ccccc1[N+](=O)[O-]. The lowest BCUT2D eigenvalue weighted by atomic mass is 10.2. The van der Waals surface area contributed by atoms with Gasteiger partial charge in [-0.15, -0.1) is 0 Å². The monoisotopic (exact) mass is 302 g/mol. The predicted octanol–water partition coefficient (Wildman–Crippen LogP) is 1.82. The highest BCUT2D eigenvalue weighted by Crippen LogP contribution is 2.25. The van der Waals surface area contributed by atoms with Crippen molar-refractivity contribution in [3.8, 4) is 5.75 Å². The third-order valence-electron chi connectivity index (χ3n) is 2.64. The van der Waals surface area contributed by atoms with E-state index >= 15 is 0 Å². The lowest BCUT2D eigenvalue weighted by Crippen LogP contribution is -2.16. The van der Waals surface area contributed by atoms with Crippen LogP contribution in [-0.2, 0) is 10.0 Å². The fourth-order valence-electron chi connectivity index (χ4n) is 1.67. The van der Waals surface area contributed by atoms with E-state index in [4.69, 9.17) is 9.88 Å². The van der Waals surface area contributed by atoms with Gasteiger partial charge in [0, 0.05) is 6.07 Å². The average molecular weight is 302 g/mol. The largest absolute Gasteiger partial charge is 0.487 e. The first-order chi connectivity index (χ1) is 9.40. The Balaban J connectivity index is 2.24. The molecule has 7 nitrogen and oxygen atoms in total. The number of nitro groups is 1. The van der Waals surface area contributed by atoms with Gasteiger partial charge in [-0.05, 0) is 18.9 Å². The van der Waals surface area contributed by atoms with Gasteiger partial charge in [-0.3, -0.25) is 10.1 Å². The zero-order valence-corrected chi connectivity index (χ0v) is 11.8. The molecule has 8 heteroatoms. The molecule has 0 heterocycles. The molecule has 0 atom stereocenters. The maximum atomic E-state index is 10.7. The normalized spacial score (nSPS) is 11.2. The van der Waals surface area contributed by atoms with Crippen LogP contribution in [0.2, 0.25) is 0 Å². The van der Waals surface area contributed by atoms with E-state index in [1.807, 2.05) is 0 Å². The van der Waals surface area contributed by atoms with Crippen LogP contribution in [-0.4, -0.2) is 25.7 Å². The van der Waals surface area contributed by atoms with Crippen molar-refractivity contribution >= 4 is 15.7 Å². The predicted molar refractivity (Wildman–Crippen MR) is 75.0 cm³/mol. The zero-order valence-electron chi connectivity index (χ0n) is 11.0. The second-order valence-corrected chi connectivity index (χ2v) is 6.09. The Morgan fingerprint density at radius 3 is 2.45 bits per heavy atom. The number of nitro benzene ring substituents is 1. The van der Waals surface area contributed by atoms with Gasteiger partial charge in [0.15, 0.2) is 5.75 Å². The van der Waals surface area contributed by atoms with Crippen molar-refractivity contribution in [2.75, 3.05) is 12.4 Å². The third-order valence-corrected chi connectivity index (χ3v) is 3.50. The van der Waals surface area contributed by atoms with E-state index in [1.165, 1.54) is 6.07 Å². The van der Waals surface area contributed by atoms with Gasteiger partial charge in [0.25, 0.3) is 0 Å². The van der Waals surface area contributed by atoms with Crippen molar-refractivity contribution < 1.29 is 18.1 Å². The molecule has 0 unspecified atom stereocenters. The number of nitrogens with zero attached hydrogens (tertiary/aromatic N) is 1. The van der Waals surface area contributed by atoms with Gasteiger partial charge in [0.2, 0.25) is 10.0 Å². The van der Waals surface area contributed by atoms with Gasteiger partial charge in [-0.25, -0.2) is 13.6 Å². The molecule has 2 N–H and O–H groups in total. The molecule has 0 amide bonds. The number of para-hydroxylation sites is 2. The lowest BCUT2D eigenvalue weighted by molar-refractivity contribution is -0.385. The summed E-state index contributed by atoms with van der Waals surface area (Å²) in [5, 5.41) is 15.6. The van der Waals surface area contributed by atoms with Crippen LogP contribution in [0.3, 0.4) is 0 Å². The Hall–Kier alpha value is -1.67. The summed E-state index contributed by atoms with van der Waals surface area (Å²) >= 11 is 0. The number of benzene rings is 1. The van der Waals surface area contributed by atoms with E-state index in [-0.39, 0.29) is 17.2 Å². The van der Waals surface area contributed by atoms with Crippen LogP contribution in [0.5, 0.6) is 5.75 Å². The van der Waals surface area contributed by atoms with Gasteiger partial charge < -0.3 is 4.74 Å². The summed E-state index contributed by atoms with van der Waals surface area (Å²) in [6.07, 6.45) is 2.74. The number of primary sulfonamides is 1. The molecule has 112 valence electrons. The standard InChI is InChI=1S/C12H18N2O5S/c13-20(17,18)10-6-2-1-5-9-19-12-8-4-3-7-11(12)14(15)16/h3-4,7-8H,1-2,5-6,9-10H2,(H2,13,17,18). The van der Waals surface area contributed by atoms with Crippen LogP contribution < -0.4 is 9.88 Å². The van der Waals surface area contributed by atoms with Crippen molar-refractivity contribution in [3.05, 3.63) is 34.4 Å². The number of hydrogen-bond donors (Lipinski definition) is 1. The topological polar surface area (TPSA) is 113 Å². The number of sulfonamides is 1. The molecule has 0 aromatic heterocycles. The van der Waals surface area contributed by atoms with Crippen molar-refractivity contribution in [1.82, 2.24) is 0 Å². The molecule has 0 spiro atoms. The van der Waals surface area contributed by atoms with Gasteiger partial charge in [-0.2, -0.15) is 0 Å². The minimum absolute atomic E-state index is 0.0159. The Kier molecular flexibility index (Phi) is 6.40. The Morgan fingerprint density at radius 1 is 1.15 bits per heavy atom. The number of ether oxygens (including phenoxy) is 1. The van der Waals surface area contributed by atoms with Crippen LogP contribution in [0.4, 0.5) is 5.69 Å². The summed E-state index contributed by atoms with van der Waals surface area (Å²) in [5.41, 5.74) is -0.0540. The molecule has 0 bridgehead atoms. The molecule has 0 aliphatic heterocycles. The van der Waals surface area contributed by atoms with Crippen molar-refractivity contribution in [2.24, 2.45) is 5.14 Å². The molecule has 0 radical (unpaired) electrons.